The number of ether oxygens (including phenoxy) is 4. The molecule has 0 saturated heterocycles. The van der Waals surface area contributed by atoms with Gasteiger partial charge >= 0.3 is 17.9 Å². The fourth-order valence-corrected chi connectivity index (χ4v) is 3.63. The van der Waals surface area contributed by atoms with E-state index in [1.807, 2.05) is 0 Å². The Hall–Kier alpha value is -3.41. The number of rotatable bonds is 11. The molecule has 12 heteroatoms. The summed E-state index contributed by atoms with van der Waals surface area (Å²) in [7, 11) is 4.09. The van der Waals surface area contributed by atoms with Crippen LogP contribution in [0.1, 0.15) is 48.4 Å². The highest BCUT2D eigenvalue weighted by Gasteiger charge is 2.24. The van der Waals surface area contributed by atoms with Crippen molar-refractivity contribution < 1.29 is 46.5 Å². The fraction of sp³-hybridized carbons (Fsp3) is 0.227. The molecule has 10 nitrogen and oxygen atoms in total. The topological polar surface area (TPSA) is 139 Å². The molecule has 2 rings (SSSR count). The van der Waals surface area contributed by atoms with E-state index < -0.39 is 31.9 Å². The van der Waals surface area contributed by atoms with Gasteiger partial charge in [0, 0.05) is 16.2 Å². The van der Waals surface area contributed by atoms with E-state index in [4.69, 9.17) is 24.9 Å². The smallest absolute Gasteiger partial charge is 0.339 e. The third-order valence-electron chi connectivity index (χ3n) is 4.24. The predicted molar refractivity (Wildman–Crippen MR) is 118 cm³/mol. The van der Waals surface area contributed by atoms with Gasteiger partial charge < -0.3 is 14.2 Å². The molecule has 0 aromatic heterocycles. The number of benzene rings is 2. The van der Waals surface area contributed by atoms with Crippen LogP contribution in [0.25, 0.3) is 0 Å². The zero-order chi connectivity index (χ0) is 25.3. The zero-order valence-corrected chi connectivity index (χ0v) is 19.5. The maximum Gasteiger partial charge on any atom is 0.339 e. The van der Waals surface area contributed by atoms with Crippen molar-refractivity contribution in [2.75, 3.05) is 26.4 Å². The van der Waals surface area contributed by atoms with Crippen molar-refractivity contribution in [2.24, 2.45) is 0 Å². The lowest BCUT2D eigenvalue weighted by Gasteiger charge is -2.10. The van der Waals surface area contributed by atoms with E-state index >= 15 is 0 Å². The molecule has 0 aliphatic rings. The van der Waals surface area contributed by atoms with E-state index in [-0.39, 0.29) is 48.9 Å². The molecule has 0 unspecified atom stereocenters. The van der Waals surface area contributed by atoms with Crippen LogP contribution in [0.4, 0.5) is 0 Å². The van der Waals surface area contributed by atoms with Crippen molar-refractivity contribution in [2.45, 2.75) is 11.8 Å². The zero-order valence-electron chi connectivity index (χ0n) is 17.9. The highest BCUT2D eigenvalue weighted by Crippen LogP contribution is 2.23. The largest absolute Gasteiger partial charge is 0.459 e. The summed E-state index contributed by atoms with van der Waals surface area (Å²) >= 11 is 0. The van der Waals surface area contributed by atoms with E-state index in [0.29, 0.717) is 5.56 Å². The van der Waals surface area contributed by atoms with Crippen LogP contribution in [-0.4, -0.2) is 58.5 Å². The van der Waals surface area contributed by atoms with Gasteiger partial charge in [0.15, 0.2) is 5.78 Å². The van der Waals surface area contributed by atoms with E-state index in [0.717, 1.165) is 18.2 Å². The van der Waals surface area contributed by atoms with E-state index in [1.165, 1.54) is 31.2 Å². The molecule has 0 spiro atoms. The highest BCUT2D eigenvalue weighted by molar-refractivity contribution is 8.13. The summed E-state index contributed by atoms with van der Waals surface area (Å²) in [5.41, 5.74) is 0.0660. The molecule has 180 valence electrons. The summed E-state index contributed by atoms with van der Waals surface area (Å²) in [6.45, 7) is 0.612. The number of esters is 3. The second-order valence-corrected chi connectivity index (χ2v) is 9.13. The molecule has 0 radical (unpaired) electrons. The minimum atomic E-state index is -4.41. The average molecular weight is 512 g/mol. The molecule has 0 N–H and O–H groups in total. The van der Waals surface area contributed by atoms with Crippen molar-refractivity contribution in [3.63, 3.8) is 0 Å². The summed E-state index contributed by atoms with van der Waals surface area (Å²) < 4.78 is 43.1. The van der Waals surface area contributed by atoms with Crippen LogP contribution in [0.5, 0.6) is 0 Å². The maximum atomic E-state index is 12.3. The van der Waals surface area contributed by atoms with Crippen LogP contribution in [-0.2, 0) is 28.0 Å². The monoisotopic (exact) mass is 511 g/mol. The first-order valence-electron chi connectivity index (χ1n) is 9.62. The third-order valence-corrected chi connectivity index (χ3v) is 5.60. The van der Waals surface area contributed by atoms with Gasteiger partial charge in [0.2, 0.25) is 7.11 Å². The second-order valence-electron chi connectivity index (χ2n) is 6.60. The summed E-state index contributed by atoms with van der Waals surface area (Å²) in [5, 5.41) is 0. The van der Waals surface area contributed by atoms with Crippen molar-refractivity contribution in [1.29, 1.82) is 0 Å². The molecule has 2 aromatic rings. The van der Waals surface area contributed by atoms with E-state index in [2.05, 4.69) is 11.8 Å². The Morgan fingerprint density at radius 2 is 1.24 bits per heavy atom. The Labute approximate surface area is 200 Å². The molecule has 2 aromatic carbocycles. The van der Waals surface area contributed by atoms with Crippen molar-refractivity contribution in [3.8, 4) is 0 Å². The van der Waals surface area contributed by atoms with Gasteiger partial charge in [-0.3, -0.25) is 4.79 Å². The Balaban J connectivity index is 1.98. The lowest BCUT2D eigenvalue weighted by atomic mass is 10.1. The van der Waals surface area contributed by atoms with Crippen LogP contribution in [0.3, 0.4) is 0 Å². The Morgan fingerprint density at radius 1 is 0.765 bits per heavy atom. The number of Topliss-reactive ketones (excluding diaryl/α,β-unsaturated/α-hetero) is 1. The Kier molecular flexibility index (Phi) is 9.60. The molecule has 0 bridgehead atoms. The average Bonchev–Trinajstić information content (AvgIpc) is 2.80. The maximum absolute atomic E-state index is 12.3. The first kappa shape index (κ1) is 26.8. The van der Waals surface area contributed by atoms with Crippen LogP contribution >= 0.6 is 10.7 Å². The predicted octanol–water partition coefficient (Wildman–Crippen LogP) is 2.80. The molecule has 0 saturated carbocycles. The highest BCUT2D eigenvalue weighted by atomic mass is 35.7. The number of ketones is 1. The normalized spacial score (nSPS) is 10.9. The lowest BCUT2D eigenvalue weighted by molar-refractivity contribution is 0.0265. The van der Waals surface area contributed by atoms with Gasteiger partial charge in [-0.1, -0.05) is 12.1 Å². The Bertz CT molecular complexity index is 1170. The molecule has 0 amide bonds. The first-order chi connectivity index (χ1) is 16.0. The molecule has 0 heterocycles. The van der Waals surface area contributed by atoms with Crippen LogP contribution in [0.2, 0.25) is 0 Å². The van der Waals surface area contributed by atoms with Crippen LogP contribution in [0.15, 0.2) is 47.4 Å². The van der Waals surface area contributed by atoms with Gasteiger partial charge in [-0.05, 0) is 37.3 Å². The van der Waals surface area contributed by atoms with Gasteiger partial charge in [-0.2, -0.15) is 4.74 Å². The van der Waals surface area contributed by atoms with Gasteiger partial charge in [-0.25, -0.2) is 22.8 Å². The van der Waals surface area contributed by atoms with Crippen molar-refractivity contribution in [1.82, 2.24) is 0 Å². The molecule has 0 aliphatic carbocycles. The molecule has 0 atom stereocenters. The van der Waals surface area contributed by atoms with Crippen LogP contribution in [0, 0.1) is 7.11 Å². The van der Waals surface area contributed by atoms with Gasteiger partial charge in [0.05, 0.1) is 21.6 Å². The SMILES string of the molecule is [CH2+]OCCOC(=O)c1ccc(C(=O)OCCOC(=O)c2ccc(C(C)=O)cc2)cc1S(=O)(=O)Cl. The van der Waals surface area contributed by atoms with E-state index in [9.17, 15) is 27.6 Å². The summed E-state index contributed by atoms with van der Waals surface area (Å²) in [6.07, 6.45) is 0. The molecule has 0 fully saturated rings. The molecular formula is C22H20ClO10S+. The fourth-order valence-electron chi connectivity index (χ4n) is 2.57. The van der Waals surface area contributed by atoms with E-state index in [1.54, 1.807) is 0 Å². The van der Waals surface area contributed by atoms with Gasteiger partial charge in [-0.15, -0.1) is 0 Å². The number of hydrogen-bond donors (Lipinski definition) is 0. The van der Waals surface area contributed by atoms with Crippen molar-refractivity contribution >= 4 is 43.4 Å². The number of carbonyl (C=O) groups is 4. The van der Waals surface area contributed by atoms with Crippen LogP contribution < -0.4 is 0 Å². The second kappa shape index (κ2) is 12.2. The van der Waals surface area contributed by atoms with Crippen molar-refractivity contribution in [3.05, 3.63) is 71.8 Å². The number of carbonyl (C=O) groups excluding carboxylic acids is 4. The lowest BCUT2D eigenvalue weighted by Crippen LogP contribution is -2.16. The molecule has 0 aliphatic heterocycles. The minimum Gasteiger partial charge on any atom is -0.459 e. The molecule has 34 heavy (non-hydrogen) atoms. The molecular weight excluding hydrogens is 492 g/mol. The Morgan fingerprint density at radius 3 is 1.76 bits per heavy atom. The number of hydrogen-bond acceptors (Lipinski definition) is 10. The third kappa shape index (κ3) is 7.58. The first-order valence-corrected chi connectivity index (χ1v) is 11.9. The minimum absolute atomic E-state index is 0.00654. The summed E-state index contributed by atoms with van der Waals surface area (Å²) in [6, 6.07) is 8.91. The summed E-state index contributed by atoms with van der Waals surface area (Å²) in [5.74, 6) is -2.76. The standard InChI is InChI=1S/C22H20ClO10S/c1-14(24)15-3-5-16(6-4-15)20(25)31-11-12-32-21(26)17-7-8-18(19(13-17)34(23,28)29)22(27)33-10-9-30-2/h3-8,13H,2,9-12H2,1H3/q+1. The quantitative estimate of drug-likeness (QED) is 0.110. The number of halogens is 1. The van der Waals surface area contributed by atoms with Gasteiger partial charge in [0.1, 0.15) is 26.4 Å². The van der Waals surface area contributed by atoms with Gasteiger partial charge in [0.25, 0.3) is 9.05 Å². The summed E-state index contributed by atoms with van der Waals surface area (Å²) in [4.78, 5) is 47.0.